The van der Waals surface area contributed by atoms with Gasteiger partial charge in [-0.25, -0.2) is 18.9 Å². The van der Waals surface area contributed by atoms with E-state index in [1.807, 2.05) is 6.92 Å². The standard InChI is InChI=1S/C23H25N3O6S/c1-22(14-27)13-17(22)7-5-4-6-16-8-9-18-19(12-16)24-15-26(20(18)28)11-10-23(2,21(29)25-30)33(3,31)32/h8-9,12,15,17,27,30H,10-11,13-14H2,1-3H3,(H,25,29)/t17-,22+,23-/m1/s1. The van der Waals surface area contributed by atoms with Gasteiger partial charge in [0, 0.05) is 36.3 Å². The Balaban J connectivity index is 1.80. The summed E-state index contributed by atoms with van der Waals surface area (Å²) in [6.45, 7) is 3.18. The highest BCUT2D eigenvalue weighted by Gasteiger charge is 2.48. The number of aromatic nitrogens is 2. The molecular formula is C23H25N3O6S. The lowest BCUT2D eigenvalue weighted by Crippen LogP contribution is -2.50. The summed E-state index contributed by atoms with van der Waals surface area (Å²) in [6, 6.07) is 4.91. The van der Waals surface area contributed by atoms with Crippen LogP contribution in [0.2, 0.25) is 0 Å². The number of hydrogen-bond acceptors (Lipinski definition) is 7. The number of nitrogens with one attached hydrogen (secondary N) is 1. The summed E-state index contributed by atoms with van der Waals surface area (Å²) < 4.78 is 23.5. The molecule has 1 aliphatic carbocycles. The second-order valence-corrected chi connectivity index (χ2v) is 11.2. The normalized spacial score (nSPS) is 21.2. The largest absolute Gasteiger partial charge is 0.396 e. The number of aryl methyl sites for hydroxylation is 1. The molecule has 10 heteroatoms. The van der Waals surface area contributed by atoms with Crippen molar-refractivity contribution in [2.75, 3.05) is 12.9 Å². The number of fused-ring (bicyclic) bond motifs is 1. The van der Waals surface area contributed by atoms with Crippen molar-refractivity contribution in [2.24, 2.45) is 11.3 Å². The van der Waals surface area contributed by atoms with Crippen LogP contribution in [0.1, 0.15) is 32.3 Å². The molecule has 3 rings (SSSR count). The molecule has 0 aliphatic heterocycles. The monoisotopic (exact) mass is 471 g/mol. The quantitative estimate of drug-likeness (QED) is 0.316. The number of aliphatic hydroxyl groups excluding tert-OH is 1. The van der Waals surface area contributed by atoms with Gasteiger partial charge in [-0.05, 0) is 49.8 Å². The third-order valence-electron chi connectivity index (χ3n) is 6.28. The van der Waals surface area contributed by atoms with E-state index < -0.39 is 26.1 Å². The Hall–Kier alpha value is -3.18. The third-order valence-corrected chi connectivity index (χ3v) is 8.31. The molecule has 1 heterocycles. The van der Waals surface area contributed by atoms with Crippen molar-refractivity contribution in [3.05, 3.63) is 40.4 Å². The average Bonchev–Trinajstić information content (AvgIpc) is 3.44. The Kier molecular flexibility index (Phi) is 6.66. The molecule has 1 amide bonds. The second kappa shape index (κ2) is 8.99. The van der Waals surface area contributed by atoms with Crippen LogP contribution >= 0.6 is 0 Å². The van der Waals surface area contributed by atoms with E-state index in [0.29, 0.717) is 16.5 Å². The van der Waals surface area contributed by atoms with Gasteiger partial charge in [0.1, 0.15) is 0 Å². The molecule has 33 heavy (non-hydrogen) atoms. The minimum absolute atomic E-state index is 0.0934. The Morgan fingerprint density at radius 3 is 2.73 bits per heavy atom. The van der Waals surface area contributed by atoms with Crippen molar-refractivity contribution in [1.29, 1.82) is 0 Å². The fourth-order valence-electron chi connectivity index (χ4n) is 3.35. The predicted molar refractivity (Wildman–Crippen MR) is 122 cm³/mol. The molecule has 174 valence electrons. The molecule has 1 fully saturated rings. The van der Waals surface area contributed by atoms with Gasteiger partial charge in [-0.15, -0.1) is 0 Å². The van der Waals surface area contributed by atoms with Crippen molar-refractivity contribution in [2.45, 2.75) is 38.0 Å². The first-order valence-electron chi connectivity index (χ1n) is 10.2. The van der Waals surface area contributed by atoms with E-state index in [0.717, 1.165) is 12.7 Å². The van der Waals surface area contributed by atoms with Crippen molar-refractivity contribution in [3.8, 4) is 23.7 Å². The van der Waals surface area contributed by atoms with Gasteiger partial charge in [-0.2, -0.15) is 0 Å². The first-order valence-corrected chi connectivity index (χ1v) is 12.1. The number of nitrogens with zero attached hydrogens (tertiary/aromatic N) is 2. The number of carbonyl (C=O) groups excluding carboxylic acids is 1. The summed E-state index contributed by atoms with van der Waals surface area (Å²) >= 11 is 0. The maximum Gasteiger partial charge on any atom is 0.264 e. The number of benzene rings is 1. The summed E-state index contributed by atoms with van der Waals surface area (Å²) in [5.74, 6) is 10.6. The predicted octanol–water partition coefficient (Wildman–Crippen LogP) is 0.469. The van der Waals surface area contributed by atoms with E-state index in [1.54, 1.807) is 18.2 Å². The molecule has 1 aromatic carbocycles. The van der Waals surface area contributed by atoms with Gasteiger partial charge in [-0.3, -0.25) is 19.4 Å². The van der Waals surface area contributed by atoms with Crippen LogP contribution in [0.4, 0.5) is 0 Å². The summed E-state index contributed by atoms with van der Waals surface area (Å²) in [7, 11) is -3.87. The Morgan fingerprint density at radius 1 is 1.39 bits per heavy atom. The lowest BCUT2D eigenvalue weighted by Gasteiger charge is -2.25. The van der Waals surface area contributed by atoms with Crippen molar-refractivity contribution >= 4 is 26.6 Å². The molecule has 0 spiro atoms. The molecule has 0 unspecified atom stereocenters. The SMILES string of the molecule is C[C@@]1(CO)C[C@H]1C#CC#Cc1ccc2c(=O)n(CC[C@](C)(C(=O)NO)S(C)(=O)=O)cnc2c1. The van der Waals surface area contributed by atoms with E-state index in [4.69, 9.17) is 5.21 Å². The van der Waals surface area contributed by atoms with Gasteiger partial charge < -0.3 is 5.11 Å². The van der Waals surface area contributed by atoms with E-state index in [9.17, 15) is 23.1 Å². The average molecular weight is 472 g/mol. The maximum absolute atomic E-state index is 12.8. The van der Waals surface area contributed by atoms with E-state index >= 15 is 0 Å². The Bertz CT molecular complexity index is 1390. The number of sulfone groups is 1. The zero-order valence-electron chi connectivity index (χ0n) is 18.5. The van der Waals surface area contributed by atoms with Crippen molar-refractivity contribution in [3.63, 3.8) is 0 Å². The number of hydroxylamine groups is 1. The van der Waals surface area contributed by atoms with Crippen LogP contribution in [0.3, 0.4) is 0 Å². The molecule has 1 aliphatic rings. The minimum Gasteiger partial charge on any atom is -0.396 e. The van der Waals surface area contributed by atoms with Crippen LogP contribution in [0.5, 0.6) is 0 Å². The zero-order valence-corrected chi connectivity index (χ0v) is 19.4. The van der Waals surface area contributed by atoms with Crippen LogP contribution in [0.15, 0.2) is 29.3 Å². The summed E-state index contributed by atoms with van der Waals surface area (Å²) in [5, 5.41) is 18.5. The summed E-state index contributed by atoms with van der Waals surface area (Å²) in [5.41, 5.74) is 1.92. The lowest BCUT2D eigenvalue weighted by atomic mass is 10.1. The fraction of sp³-hybridized carbons (Fsp3) is 0.435. The minimum atomic E-state index is -3.87. The van der Waals surface area contributed by atoms with Crippen LogP contribution in [-0.4, -0.2) is 51.8 Å². The first kappa shape index (κ1) is 24.5. The molecule has 9 nitrogen and oxygen atoms in total. The maximum atomic E-state index is 12.8. The summed E-state index contributed by atoms with van der Waals surface area (Å²) in [6.07, 6.45) is 2.80. The molecule has 3 atom stereocenters. The Morgan fingerprint density at radius 2 is 2.12 bits per heavy atom. The van der Waals surface area contributed by atoms with Gasteiger partial charge in [0.05, 0.1) is 17.2 Å². The molecule has 3 N–H and O–H groups in total. The number of carbonyl (C=O) groups is 1. The number of rotatable bonds is 6. The fourth-order valence-corrected chi connectivity index (χ4v) is 4.19. The van der Waals surface area contributed by atoms with Crippen molar-refractivity contribution < 1.29 is 23.5 Å². The van der Waals surface area contributed by atoms with Gasteiger partial charge in [0.2, 0.25) is 0 Å². The Labute approximate surface area is 191 Å². The molecule has 0 saturated heterocycles. The van der Waals surface area contributed by atoms with Gasteiger partial charge in [0.15, 0.2) is 14.6 Å². The van der Waals surface area contributed by atoms with E-state index in [1.165, 1.54) is 23.3 Å². The molecule has 1 saturated carbocycles. The number of amides is 1. The van der Waals surface area contributed by atoms with Crippen LogP contribution in [0.25, 0.3) is 10.9 Å². The van der Waals surface area contributed by atoms with Crippen LogP contribution in [0, 0.1) is 35.0 Å². The zero-order chi connectivity index (χ0) is 24.4. The molecule has 0 bridgehead atoms. The highest BCUT2D eigenvalue weighted by Crippen LogP contribution is 2.51. The smallest absolute Gasteiger partial charge is 0.264 e. The number of aliphatic hydroxyl groups is 1. The van der Waals surface area contributed by atoms with E-state index in [2.05, 4.69) is 28.7 Å². The van der Waals surface area contributed by atoms with Gasteiger partial charge >= 0.3 is 0 Å². The molecule has 1 aromatic heterocycles. The molecule has 2 aromatic rings. The topological polar surface area (TPSA) is 139 Å². The summed E-state index contributed by atoms with van der Waals surface area (Å²) in [4.78, 5) is 29.0. The van der Waals surface area contributed by atoms with Gasteiger partial charge in [-0.1, -0.05) is 18.8 Å². The van der Waals surface area contributed by atoms with E-state index in [-0.39, 0.29) is 30.9 Å². The third kappa shape index (κ3) is 4.93. The second-order valence-electron chi connectivity index (χ2n) is 8.76. The first-order chi connectivity index (χ1) is 15.4. The van der Waals surface area contributed by atoms with Gasteiger partial charge in [0.25, 0.3) is 11.5 Å². The highest BCUT2D eigenvalue weighted by atomic mass is 32.2. The highest BCUT2D eigenvalue weighted by molar-refractivity contribution is 7.92. The van der Waals surface area contributed by atoms with Crippen LogP contribution < -0.4 is 11.0 Å². The lowest BCUT2D eigenvalue weighted by molar-refractivity contribution is -0.131. The van der Waals surface area contributed by atoms with Crippen molar-refractivity contribution in [1.82, 2.24) is 15.0 Å². The molecular weight excluding hydrogens is 446 g/mol. The van der Waals surface area contributed by atoms with Crippen LogP contribution in [-0.2, 0) is 21.2 Å². The number of hydrogen-bond donors (Lipinski definition) is 3. The molecule has 0 radical (unpaired) electrons.